The van der Waals surface area contributed by atoms with E-state index in [1.165, 1.54) is 64.2 Å². The molecule has 0 bridgehead atoms. The van der Waals surface area contributed by atoms with Crippen LogP contribution < -0.4 is 0 Å². The van der Waals surface area contributed by atoms with Crippen molar-refractivity contribution in [3.8, 4) is 0 Å². The van der Waals surface area contributed by atoms with Crippen LogP contribution in [0.5, 0.6) is 0 Å². The average Bonchev–Trinajstić information content (AvgIpc) is 3.10. The third-order valence-corrected chi connectivity index (χ3v) is 9.88. The Bertz CT molecular complexity index is 1010. The second-order valence-electron chi connectivity index (χ2n) is 15.4. The zero-order valence-corrected chi connectivity index (χ0v) is 35.6. The Morgan fingerprint density at radius 1 is 0.585 bits per heavy atom. The molecular formula is C43H81NO8P+. The van der Waals surface area contributed by atoms with Crippen molar-refractivity contribution in [3.05, 3.63) is 36.5 Å². The topological polar surface area (TPSA) is 108 Å². The van der Waals surface area contributed by atoms with Crippen molar-refractivity contribution in [2.24, 2.45) is 0 Å². The molecule has 0 amide bonds. The number of rotatable bonds is 38. The fourth-order valence-corrected chi connectivity index (χ4v) is 6.24. The molecule has 0 heterocycles. The first-order valence-electron chi connectivity index (χ1n) is 21.2. The van der Waals surface area contributed by atoms with E-state index in [9.17, 15) is 19.0 Å². The van der Waals surface area contributed by atoms with Crippen molar-refractivity contribution < 1.29 is 42.1 Å². The van der Waals surface area contributed by atoms with Crippen LogP contribution in [0.1, 0.15) is 174 Å². The van der Waals surface area contributed by atoms with Gasteiger partial charge in [-0.1, -0.05) is 134 Å². The first kappa shape index (κ1) is 51.2. The van der Waals surface area contributed by atoms with Gasteiger partial charge < -0.3 is 18.9 Å². The number of hydrogen-bond donors (Lipinski definition) is 1. The molecule has 0 spiro atoms. The molecule has 53 heavy (non-hydrogen) atoms. The third kappa shape index (κ3) is 39.7. The zero-order valence-electron chi connectivity index (χ0n) is 34.7. The number of carbonyl (C=O) groups excluding carboxylic acids is 2. The molecule has 0 saturated carbocycles. The molecule has 0 aliphatic rings. The van der Waals surface area contributed by atoms with E-state index >= 15 is 0 Å². The zero-order chi connectivity index (χ0) is 39.3. The van der Waals surface area contributed by atoms with Gasteiger partial charge in [0.05, 0.1) is 27.7 Å². The standard InChI is InChI=1S/C43H80NO8P/c1-6-8-10-12-14-16-18-19-20-21-22-23-24-26-28-30-32-34-36-43(46)52-41(40-51-53(47,48)50-38-37-44(3,4)5)39-49-42(45)35-33-31-29-27-25-17-15-13-11-9-7-2/h13,15-16,18,20-21,41H,6-12,14,17,19,22-40H2,1-5H3/p+1/b15-13-,18-16-,21-20-. The molecular weight excluding hydrogens is 689 g/mol. The molecule has 0 aromatic heterocycles. The Hall–Kier alpha value is -1.77. The number of unbranched alkanes of at least 4 members (excludes halogenated alkanes) is 18. The molecule has 310 valence electrons. The monoisotopic (exact) mass is 771 g/mol. The maximum atomic E-state index is 12.7. The van der Waals surface area contributed by atoms with Gasteiger partial charge in [0.25, 0.3) is 0 Å². The van der Waals surface area contributed by atoms with Gasteiger partial charge in [0.1, 0.15) is 19.8 Å². The van der Waals surface area contributed by atoms with E-state index < -0.39 is 26.5 Å². The number of likely N-dealkylation sites (N-methyl/N-ethyl adjacent to an activating group) is 1. The lowest BCUT2D eigenvalue weighted by molar-refractivity contribution is -0.870. The molecule has 1 N–H and O–H groups in total. The van der Waals surface area contributed by atoms with E-state index in [0.717, 1.165) is 77.0 Å². The van der Waals surface area contributed by atoms with Crippen LogP contribution in [0.25, 0.3) is 0 Å². The highest BCUT2D eigenvalue weighted by Gasteiger charge is 2.27. The molecule has 0 fully saturated rings. The van der Waals surface area contributed by atoms with Gasteiger partial charge in [-0.3, -0.25) is 18.6 Å². The van der Waals surface area contributed by atoms with Crippen LogP contribution in [0.2, 0.25) is 0 Å². The van der Waals surface area contributed by atoms with E-state index in [4.69, 9.17) is 18.5 Å². The highest BCUT2D eigenvalue weighted by atomic mass is 31.2. The van der Waals surface area contributed by atoms with Crippen molar-refractivity contribution >= 4 is 19.8 Å². The smallest absolute Gasteiger partial charge is 0.462 e. The summed E-state index contributed by atoms with van der Waals surface area (Å²) in [6.45, 7) is 4.34. The highest BCUT2D eigenvalue weighted by molar-refractivity contribution is 7.47. The van der Waals surface area contributed by atoms with Crippen molar-refractivity contribution in [1.29, 1.82) is 0 Å². The summed E-state index contributed by atoms with van der Waals surface area (Å²) in [6.07, 6.45) is 39.0. The van der Waals surface area contributed by atoms with E-state index in [1.54, 1.807) is 0 Å². The van der Waals surface area contributed by atoms with Gasteiger partial charge in [0.2, 0.25) is 0 Å². The number of nitrogens with zero attached hydrogens (tertiary/aromatic N) is 1. The van der Waals surface area contributed by atoms with Crippen LogP contribution in [-0.2, 0) is 32.7 Å². The highest BCUT2D eigenvalue weighted by Crippen LogP contribution is 2.43. The van der Waals surface area contributed by atoms with E-state index in [-0.39, 0.29) is 32.0 Å². The van der Waals surface area contributed by atoms with Gasteiger partial charge >= 0.3 is 19.8 Å². The molecule has 2 atom stereocenters. The lowest BCUT2D eigenvalue weighted by Gasteiger charge is -2.24. The SMILES string of the molecule is CCCC/C=C\CCCCCCCC(=O)OCC(COP(=O)(O)OCC[N+](C)(C)C)OC(=O)CCCCCCCCC/C=C\C/C=C\CCCCCC. The van der Waals surface area contributed by atoms with Crippen molar-refractivity contribution in [2.45, 2.75) is 180 Å². The molecule has 0 saturated heterocycles. The summed E-state index contributed by atoms with van der Waals surface area (Å²) in [6, 6.07) is 0. The molecule has 0 rings (SSSR count). The summed E-state index contributed by atoms with van der Waals surface area (Å²) in [5.74, 6) is -0.820. The van der Waals surface area contributed by atoms with Gasteiger partial charge in [-0.05, 0) is 64.2 Å². The number of allylic oxidation sites excluding steroid dienone is 6. The average molecular weight is 771 g/mol. The van der Waals surface area contributed by atoms with Gasteiger partial charge in [-0.15, -0.1) is 0 Å². The van der Waals surface area contributed by atoms with Crippen molar-refractivity contribution in [1.82, 2.24) is 0 Å². The third-order valence-electron chi connectivity index (χ3n) is 8.89. The molecule has 2 unspecified atom stereocenters. The van der Waals surface area contributed by atoms with E-state index in [0.29, 0.717) is 17.4 Å². The number of phosphoric ester groups is 1. The van der Waals surface area contributed by atoms with Gasteiger partial charge in [0.15, 0.2) is 6.10 Å². The Kier molecular flexibility index (Phi) is 34.7. The maximum Gasteiger partial charge on any atom is 0.472 e. The molecule has 0 aliphatic carbocycles. The normalized spacial score (nSPS) is 14.0. The Labute approximate surface area is 325 Å². The minimum Gasteiger partial charge on any atom is -0.462 e. The lowest BCUT2D eigenvalue weighted by Crippen LogP contribution is -2.37. The van der Waals surface area contributed by atoms with E-state index in [1.807, 2.05) is 21.1 Å². The Morgan fingerprint density at radius 3 is 1.57 bits per heavy atom. The second-order valence-corrected chi connectivity index (χ2v) is 16.8. The fourth-order valence-electron chi connectivity index (χ4n) is 5.49. The van der Waals surface area contributed by atoms with Crippen LogP contribution in [0.3, 0.4) is 0 Å². The fraction of sp³-hybridized carbons (Fsp3) is 0.814. The number of esters is 2. The molecule has 0 radical (unpaired) electrons. The summed E-state index contributed by atoms with van der Waals surface area (Å²) in [4.78, 5) is 35.3. The van der Waals surface area contributed by atoms with Gasteiger partial charge in [-0.25, -0.2) is 4.57 Å². The number of quaternary nitrogens is 1. The molecule has 10 heteroatoms. The minimum absolute atomic E-state index is 0.0284. The largest absolute Gasteiger partial charge is 0.472 e. The minimum atomic E-state index is -4.37. The lowest BCUT2D eigenvalue weighted by atomic mass is 10.1. The first-order valence-corrected chi connectivity index (χ1v) is 22.7. The summed E-state index contributed by atoms with van der Waals surface area (Å²) >= 11 is 0. The van der Waals surface area contributed by atoms with Crippen LogP contribution in [0.4, 0.5) is 0 Å². The molecule has 0 aliphatic heterocycles. The number of carbonyl (C=O) groups is 2. The summed E-state index contributed by atoms with van der Waals surface area (Å²) in [5.41, 5.74) is 0. The molecule has 0 aromatic carbocycles. The number of hydrogen-bond acceptors (Lipinski definition) is 7. The number of phosphoric acid groups is 1. The van der Waals surface area contributed by atoms with Crippen LogP contribution in [0.15, 0.2) is 36.5 Å². The summed E-state index contributed by atoms with van der Waals surface area (Å²) in [5, 5.41) is 0. The van der Waals surface area contributed by atoms with Crippen molar-refractivity contribution in [2.75, 3.05) is 47.5 Å². The second kappa shape index (κ2) is 35.9. The first-order chi connectivity index (χ1) is 25.5. The summed E-state index contributed by atoms with van der Waals surface area (Å²) < 4.78 is 34.2. The van der Waals surface area contributed by atoms with E-state index in [2.05, 4.69) is 50.3 Å². The van der Waals surface area contributed by atoms with Gasteiger partial charge in [0, 0.05) is 12.8 Å². The predicted molar refractivity (Wildman–Crippen MR) is 220 cm³/mol. The van der Waals surface area contributed by atoms with Crippen LogP contribution in [0, 0.1) is 0 Å². The Morgan fingerprint density at radius 2 is 1.04 bits per heavy atom. The number of ether oxygens (including phenoxy) is 2. The van der Waals surface area contributed by atoms with Crippen LogP contribution in [-0.4, -0.2) is 74.9 Å². The summed E-state index contributed by atoms with van der Waals surface area (Å²) in [7, 11) is 1.46. The van der Waals surface area contributed by atoms with Crippen LogP contribution >= 0.6 is 7.82 Å². The predicted octanol–water partition coefficient (Wildman–Crippen LogP) is 11.7. The Balaban J connectivity index is 4.38. The van der Waals surface area contributed by atoms with Crippen molar-refractivity contribution in [3.63, 3.8) is 0 Å². The molecule has 9 nitrogen and oxygen atoms in total. The maximum absolute atomic E-state index is 12.7. The quantitative estimate of drug-likeness (QED) is 0.0217. The molecule has 0 aromatic rings. The van der Waals surface area contributed by atoms with Gasteiger partial charge in [-0.2, -0.15) is 0 Å².